The van der Waals surface area contributed by atoms with Gasteiger partial charge in [0, 0.05) is 17.8 Å². The molecule has 5 fully saturated rings. The summed E-state index contributed by atoms with van der Waals surface area (Å²) in [5.41, 5.74) is -3.65. The fourth-order valence-electron chi connectivity index (χ4n) is 5.65. The smallest absolute Gasteiger partial charge is 0.264 e. The number of hydrogen-bond acceptors (Lipinski definition) is 9. The lowest BCUT2D eigenvalue weighted by Crippen LogP contribution is -2.70. The first-order valence-electron chi connectivity index (χ1n) is 10.3. The van der Waals surface area contributed by atoms with Gasteiger partial charge in [-0.15, -0.1) is 0 Å². The minimum Gasteiger partial charge on any atom is -0.264 e. The summed E-state index contributed by atoms with van der Waals surface area (Å²) in [5, 5.41) is 36.5. The molecule has 1 heterocycles. The van der Waals surface area contributed by atoms with Gasteiger partial charge in [0.15, 0.2) is 5.60 Å². The third-order valence-electron chi connectivity index (χ3n) is 7.98. The molecule has 0 bridgehead atoms. The zero-order chi connectivity index (χ0) is 20.7. The molecule has 12 heteroatoms. The van der Waals surface area contributed by atoms with E-state index in [1.54, 1.807) is 0 Å². The molecular weight excluding hydrogens is 388 g/mol. The van der Waals surface area contributed by atoms with E-state index in [1.165, 1.54) is 0 Å². The van der Waals surface area contributed by atoms with Crippen molar-refractivity contribution in [3.8, 4) is 0 Å². The zero-order valence-corrected chi connectivity index (χ0v) is 16.0. The number of hydrogen-bond donors (Lipinski definition) is 0. The maximum Gasteiger partial charge on any atom is 0.569 e. The molecule has 12 nitrogen and oxygen atoms in total. The van der Waals surface area contributed by atoms with Gasteiger partial charge < -0.3 is 0 Å². The van der Waals surface area contributed by atoms with Gasteiger partial charge in [-0.3, -0.25) is 35.2 Å². The monoisotopic (exact) mass is 412 g/mol. The SMILES string of the molecule is O=[N+]([O-])C1([N+](=O)[O-])CC(C2CC2)(C2CC2)ON1OC1(C2([N+](=O)[O-])CCC2)CCC1. The van der Waals surface area contributed by atoms with Gasteiger partial charge in [0.1, 0.15) is 21.9 Å². The molecule has 0 spiro atoms. The van der Waals surface area contributed by atoms with Crippen LogP contribution < -0.4 is 0 Å². The Bertz CT molecular complexity index is 745. The van der Waals surface area contributed by atoms with Gasteiger partial charge in [-0.05, 0) is 63.2 Å². The van der Waals surface area contributed by atoms with E-state index >= 15 is 0 Å². The lowest BCUT2D eigenvalue weighted by Gasteiger charge is -2.53. The average molecular weight is 412 g/mol. The van der Waals surface area contributed by atoms with Crippen molar-refractivity contribution in [2.45, 2.75) is 93.2 Å². The van der Waals surface area contributed by atoms with Gasteiger partial charge in [-0.1, -0.05) is 0 Å². The van der Waals surface area contributed by atoms with Crippen molar-refractivity contribution in [1.29, 1.82) is 0 Å². The predicted molar refractivity (Wildman–Crippen MR) is 93.7 cm³/mol. The Hall–Kier alpha value is -1.92. The van der Waals surface area contributed by atoms with Crippen LogP contribution in [0.1, 0.15) is 70.6 Å². The summed E-state index contributed by atoms with van der Waals surface area (Å²) < 4.78 is 0. The Morgan fingerprint density at radius 3 is 1.66 bits per heavy atom. The van der Waals surface area contributed by atoms with Crippen molar-refractivity contribution in [2.75, 3.05) is 0 Å². The molecule has 0 aromatic carbocycles. The fraction of sp³-hybridized carbons (Fsp3) is 1.00. The second kappa shape index (κ2) is 5.82. The highest BCUT2D eigenvalue weighted by atomic mass is 17.0. The normalized spacial score (nSPS) is 31.4. The molecule has 0 N–H and O–H groups in total. The molecule has 5 aliphatic rings. The molecule has 0 aromatic rings. The van der Waals surface area contributed by atoms with Crippen LogP contribution in [-0.2, 0) is 9.68 Å². The lowest BCUT2D eigenvalue weighted by atomic mass is 9.57. The maximum absolute atomic E-state index is 12.0. The van der Waals surface area contributed by atoms with Crippen LogP contribution in [0.25, 0.3) is 0 Å². The number of rotatable bonds is 8. The van der Waals surface area contributed by atoms with E-state index in [1.807, 2.05) is 0 Å². The van der Waals surface area contributed by atoms with Crippen LogP contribution >= 0.6 is 0 Å². The lowest BCUT2D eigenvalue weighted by molar-refractivity contribution is -0.855. The van der Waals surface area contributed by atoms with Gasteiger partial charge >= 0.3 is 5.79 Å². The van der Waals surface area contributed by atoms with E-state index in [2.05, 4.69) is 0 Å². The maximum atomic E-state index is 12.0. The van der Waals surface area contributed by atoms with Crippen LogP contribution in [-0.4, -0.2) is 42.5 Å². The van der Waals surface area contributed by atoms with Gasteiger partial charge in [-0.2, -0.15) is 0 Å². The molecule has 4 aliphatic carbocycles. The summed E-state index contributed by atoms with van der Waals surface area (Å²) in [6, 6.07) is 0. The van der Waals surface area contributed by atoms with Crippen LogP contribution in [0.2, 0.25) is 0 Å². The van der Waals surface area contributed by atoms with Crippen molar-refractivity contribution in [3.63, 3.8) is 0 Å². The van der Waals surface area contributed by atoms with Crippen LogP contribution in [0, 0.1) is 42.2 Å². The Labute approximate surface area is 165 Å². The van der Waals surface area contributed by atoms with Crippen LogP contribution in [0.4, 0.5) is 0 Å². The molecule has 160 valence electrons. The topological polar surface area (TPSA) is 151 Å². The average Bonchev–Trinajstić information content (AvgIpc) is 3.46. The highest BCUT2D eigenvalue weighted by Crippen LogP contribution is 2.63. The zero-order valence-electron chi connectivity index (χ0n) is 16.0. The van der Waals surface area contributed by atoms with E-state index in [4.69, 9.17) is 9.68 Å². The molecule has 29 heavy (non-hydrogen) atoms. The Kier molecular flexibility index (Phi) is 3.83. The minimum absolute atomic E-state index is 0.0217. The largest absolute Gasteiger partial charge is 0.569 e. The van der Waals surface area contributed by atoms with Gasteiger partial charge in [-0.25, -0.2) is 4.84 Å². The molecule has 0 atom stereocenters. The van der Waals surface area contributed by atoms with E-state index in [-0.39, 0.29) is 16.8 Å². The summed E-state index contributed by atoms with van der Waals surface area (Å²) >= 11 is 0. The van der Waals surface area contributed by atoms with E-state index in [9.17, 15) is 30.3 Å². The Morgan fingerprint density at radius 1 is 0.828 bits per heavy atom. The summed E-state index contributed by atoms with van der Waals surface area (Å²) in [6.07, 6.45) is 5.43. The first-order valence-corrected chi connectivity index (χ1v) is 10.3. The first kappa shape index (κ1) is 19.1. The second-order valence-corrected chi connectivity index (χ2v) is 9.40. The molecular formula is C17H24N4O8. The molecule has 1 saturated heterocycles. The third kappa shape index (κ3) is 2.30. The highest BCUT2D eigenvalue weighted by Gasteiger charge is 2.82. The molecule has 0 amide bonds. The summed E-state index contributed by atoms with van der Waals surface area (Å²) in [6.45, 7) is 0. The van der Waals surface area contributed by atoms with Gasteiger partial charge in [0.05, 0.1) is 5.23 Å². The number of nitrogens with zero attached hydrogens (tertiary/aromatic N) is 4. The molecule has 0 aromatic heterocycles. The summed E-state index contributed by atoms with van der Waals surface area (Å²) in [5.74, 6) is -2.74. The molecule has 5 rings (SSSR count). The van der Waals surface area contributed by atoms with Crippen LogP contribution in [0.5, 0.6) is 0 Å². The second-order valence-electron chi connectivity index (χ2n) is 9.40. The number of nitro groups is 3. The molecule has 1 aliphatic heterocycles. The van der Waals surface area contributed by atoms with Crippen molar-refractivity contribution >= 4 is 0 Å². The van der Waals surface area contributed by atoms with Crippen LogP contribution in [0.15, 0.2) is 0 Å². The van der Waals surface area contributed by atoms with Crippen LogP contribution in [0.3, 0.4) is 0 Å². The third-order valence-corrected chi connectivity index (χ3v) is 7.98. The van der Waals surface area contributed by atoms with Gasteiger partial charge in [0.2, 0.25) is 0 Å². The van der Waals surface area contributed by atoms with Crippen molar-refractivity contribution in [2.24, 2.45) is 11.8 Å². The molecule has 4 saturated carbocycles. The van der Waals surface area contributed by atoms with E-state index in [0.717, 1.165) is 25.7 Å². The Morgan fingerprint density at radius 2 is 1.34 bits per heavy atom. The van der Waals surface area contributed by atoms with Crippen molar-refractivity contribution in [1.82, 2.24) is 5.23 Å². The minimum atomic E-state index is -2.78. The van der Waals surface area contributed by atoms with Crippen molar-refractivity contribution in [3.05, 3.63) is 30.3 Å². The fourth-order valence-corrected chi connectivity index (χ4v) is 5.65. The molecule has 0 unspecified atom stereocenters. The van der Waals surface area contributed by atoms with Crippen molar-refractivity contribution < 1.29 is 24.4 Å². The van der Waals surface area contributed by atoms with Gasteiger partial charge in [0.25, 0.3) is 5.54 Å². The number of hydroxylamine groups is 2. The Balaban J connectivity index is 1.54. The highest BCUT2D eigenvalue weighted by molar-refractivity contribution is 5.12. The summed E-state index contributed by atoms with van der Waals surface area (Å²) in [7, 11) is 0. The predicted octanol–water partition coefficient (Wildman–Crippen LogP) is 2.44. The summed E-state index contributed by atoms with van der Waals surface area (Å²) in [4.78, 5) is 45.7. The van der Waals surface area contributed by atoms with E-state index < -0.39 is 38.8 Å². The van der Waals surface area contributed by atoms with E-state index in [0.29, 0.717) is 43.8 Å². The quantitative estimate of drug-likeness (QED) is 0.332. The standard InChI is InChI=1S/C17H24N4O8/c22-18(23)14(7-1-8-14)15(9-2-10-15)28-21-17(19(24)25,20(26)27)11-16(29-21,12-3-4-12)13-5-6-13/h12-13H,1-11H2. The first-order chi connectivity index (χ1) is 13.7. The molecule has 0 radical (unpaired) electrons.